The van der Waals surface area contributed by atoms with E-state index >= 15 is 0 Å². The summed E-state index contributed by atoms with van der Waals surface area (Å²) in [5, 5.41) is 15.7. The van der Waals surface area contributed by atoms with Gasteiger partial charge in [-0.1, -0.05) is 12.8 Å². The highest BCUT2D eigenvalue weighted by molar-refractivity contribution is 5.74. The Morgan fingerprint density at radius 1 is 1.21 bits per heavy atom. The lowest BCUT2D eigenvalue weighted by atomic mass is 9.93. The van der Waals surface area contributed by atoms with Crippen molar-refractivity contribution in [2.75, 3.05) is 24.5 Å². The second-order valence-electron chi connectivity index (χ2n) is 6.89. The molecule has 1 aliphatic carbocycles. The average molecular weight is 335 g/mol. The molecular formula is C18H26FN3O2. The van der Waals surface area contributed by atoms with E-state index in [1.807, 2.05) is 0 Å². The van der Waals surface area contributed by atoms with Crippen LogP contribution in [0.2, 0.25) is 0 Å². The lowest BCUT2D eigenvalue weighted by molar-refractivity contribution is 0.0942. The highest BCUT2D eigenvalue weighted by atomic mass is 19.1. The Labute approximate surface area is 142 Å². The number of aliphatic hydroxyl groups is 1. The molecule has 1 heterocycles. The van der Waals surface area contributed by atoms with Crippen LogP contribution in [0.25, 0.3) is 0 Å². The number of nitrogens with one attached hydrogen (secondary N) is 2. The number of hydrogen-bond donors (Lipinski definition) is 3. The molecule has 0 radical (unpaired) electrons. The van der Waals surface area contributed by atoms with Crippen molar-refractivity contribution in [1.29, 1.82) is 0 Å². The minimum absolute atomic E-state index is 0.127. The van der Waals surface area contributed by atoms with Crippen LogP contribution in [0.5, 0.6) is 0 Å². The Balaban J connectivity index is 1.41. The molecular weight excluding hydrogens is 309 g/mol. The standard InChI is InChI=1S/C18H26FN3O2/c19-14-5-7-15(8-6-14)22-10-9-13(12-22)11-20-18(24)21-16-3-1-2-4-17(16)23/h5-8,13,16-17,23H,1-4,9-12H2,(H2,20,21,24). The van der Waals surface area contributed by atoms with E-state index in [0.717, 1.165) is 50.9 Å². The summed E-state index contributed by atoms with van der Waals surface area (Å²) in [5.41, 5.74) is 1.02. The molecule has 2 fully saturated rings. The van der Waals surface area contributed by atoms with Crippen molar-refractivity contribution in [3.05, 3.63) is 30.1 Å². The fraction of sp³-hybridized carbons (Fsp3) is 0.611. The molecule has 24 heavy (non-hydrogen) atoms. The number of hydrogen-bond acceptors (Lipinski definition) is 3. The van der Waals surface area contributed by atoms with E-state index in [4.69, 9.17) is 0 Å². The van der Waals surface area contributed by atoms with E-state index in [2.05, 4.69) is 15.5 Å². The molecule has 132 valence electrons. The van der Waals surface area contributed by atoms with Crippen LogP contribution >= 0.6 is 0 Å². The second-order valence-corrected chi connectivity index (χ2v) is 6.89. The van der Waals surface area contributed by atoms with Crippen LogP contribution < -0.4 is 15.5 Å². The molecule has 1 aliphatic heterocycles. The van der Waals surface area contributed by atoms with Gasteiger partial charge in [-0.15, -0.1) is 0 Å². The molecule has 1 aromatic rings. The van der Waals surface area contributed by atoms with E-state index in [-0.39, 0.29) is 17.9 Å². The predicted octanol–water partition coefficient (Wildman–Crippen LogP) is 2.25. The maximum atomic E-state index is 13.0. The number of amides is 2. The molecule has 3 unspecified atom stereocenters. The van der Waals surface area contributed by atoms with Crippen LogP contribution in [0.4, 0.5) is 14.9 Å². The van der Waals surface area contributed by atoms with E-state index in [1.165, 1.54) is 12.1 Å². The van der Waals surface area contributed by atoms with E-state index in [9.17, 15) is 14.3 Å². The lowest BCUT2D eigenvalue weighted by Crippen LogP contribution is -2.49. The molecule has 5 nitrogen and oxygen atoms in total. The van der Waals surface area contributed by atoms with Crippen LogP contribution in [-0.4, -0.2) is 42.9 Å². The van der Waals surface area contributed by atoms with Crippen molar-refractivity contribution in [2.24, 2.45) is 5.92 Å². The van der Waals surface area contributed by atoms with Gasteiger partial charge >= 0.3 is 6.03 Å². The average Bonchev–Trinajstić information content (AvgIpc) is 3.05. The van der Waals surface area contributed by atoms with Crippen LogP contribution in [0.1, 0.15) is 32.1 Å². The van der Waals surface area contributed by atoms with Crippen molar-refractivity contribution in [1.82, 2.24) is 10.6 Å². The number of carbonyl (C=O) groups excluding carboxylic acids is 1. The van der Waals surface area contributed by atoms with Gasteiger partial charge in [0.2, 0.25) is 0 Å². The monoisotopic (exact) mass is 335 g/mol. The Morgan fingerprint density at radius 2 is 1.96 bits per heavy atom. The normalized spacial score (nSPS) is 27.1. The molecule has 2 aliphatic rings. The summed E-state index contributed by atoms with van der Waals surface area (Å²) >= 11 is 0. The smallest absolute Gasteiger partial charge is 0.315 e. The largest absolute Gasteiger partial charge is 0.391 e. The van der Waals surface area contributed by atoms with Crippen LogP contribution in [0.3, 0.4) is 0 Å². The van der Waals surface area contributed by atoms with Gasteiger partial charge in [-0.3, -0.25) is 0 Å². The number of anilines is 1. The Morgan fingerprint density at radius 3 is 2.71 bits per heavy atom. The van der Waals surface area contributed by atoms with Crippen LogP contribution in [-0.2, 0) is 0 Å². The number of rotatable bonds is 4. The van der Waals surface area contributed by atoms with Crippen LogP contribution in [0.15, 0.2) is 24.3 Å². The first-order chi connectivity index (χ1) is 11.6. The lowest BCUT2D eigenvalue weighted by Gasteiger charge is -2.28. The summed E-state index contributed by atoms with van der Waals surface area (Å²) in [6, 6.07) is 6.22. The van der Waals surface area contributed by atoms with Gasteiger partial charge < -0.3 is 20.6 Å². The highest BCUT2D eigenvalue weighted by Gasteiger charge is 2.26. The van der Waals surface area contributed by atoms with Gasteiger partial charge in [0.05, 0.1) is 12.1 Å². The van der Waals surface area contributed by atoms with Crippen molar-refractivity contribution in [2.45, 2.75) is 44.2 Å². The Bertz CT molecular complexity index is 552. The summed E-state index contributed by atoms with van der Waals surface area (Å²) in [6.45, 7) is 2.39. The summed E-state index contributed by atoms with van der Waals surface area (Å²) in [4.78, 5) is 14.2. The molecule has 1 saturated heterocycles. The van der Waals surface area contributed by atoms with Gasteiger partial charge in [0.25, 0.3) is 0 Å². The fourth-order valence-electron chi connectivity index (χ4n) is 3.62. The van der Waals surface area contributed by atoms with Gasteiger partial charge in [-0.05, 0) is 49.4 Å². The molecule has 3 atom stereocenters. The zero-order valence-corrected chi connectivity index (χ0v) is 13.9. The van der Waals surface area contributed by atoms with E-state index in [0.29, 0.717) is 12.5 Å². The second kappa shape index (κ2) is 7.83. The third-order valence-electron chi connectivity index (χ3n) is 5.07. The van der Waals surface area contributed by atoms with Crippen molar-refractivity contribution in [3.8, 4) is 0 Å². The number of halogens is 1. The minimum atomic E-state index is -0.426. The SMILES string of the molecule is O=C(NCC1CCN(c2ccc(F)cc2)C1)NC1CCCCC1O. The van der Waals surface area contributed by atoms with Crippen LogP contribution in [0, 0.1) is 11.7 Å². The molecule has 2 amide bonds. The van der Waals surface area contributed by atoms with Crippen molar-refractivity contribution >= 4 is 11.7 Å². The zero-order valence-electron chi connectivity index (χ0n) is 13.9. The predicted molar refractivity (Wildman–Crippen MR) is 91.5 cm³/mol. The molecule has 6 heteroatoms. The molecule has 1 aromatic carbocycles. The number of benzene rings is 1. The minimum Gasteiger partial charge on any atom is -0.391 e. The summed E-state index contributed by atoms with van der Waals surface area (Å²) in [5.74, 6) is 0.162. The number of carbonyl (C=O) groups is 1. The number of urea groups is 1. The first-order valence-electron chi connectivity index (χ1n) is 8.85. The molecule has 1 saturated carbocycles. The number of aliphatic hydroxyl groups excluding tert-OH is 1. The van der Waals surface area contributed by atoms with Gasteiger partial charge in [-0.25, -0.2) is 9.18 Å². The van der Waals surface area contributed by atoms with E-state index in [1.54, 1.807) is 12.1 Å². The van der Waals surface area contributed by atoms with Gasteiger partial charge in [-0.2, -0.15) is 0 Å². The zero-order chi connectivity index (χ0) is 16.9. The molecule has 3 N–H and O–H groups in total. The quantitative estimate of drug-likeness (QED) is 0.791. The Kier molecular flexibility index (Phi) is 5.56. The highest BCUT2D eigenvalue weighted by Crippen LogP contribution is 2.23. The molecule has 0 spiro atoms. The third-order valence-corrected chi connectivity index (χ3v) is 5.07. The fourth-order valence-corrected chi connectivity index (χ4v) is 3.62. The molecule has 0 aromatic heterocycles. The van der Waals surface area contributed by atoms with Crippen molar-refractivity contribution < 1.29 is 14.3 Å². The summed E-state index contributed by atoms with van der Waals surface area (Å²) in [6.07, 6.45) is 4.27. The third kappa shape index (κ3) is 4.38. The van der Waals surface area contributed by atoms with Gasteiger partial charge in [0.15, 0.2) is 0 Å². The van der Waals surface area contributed by atoms with Crippen molar-refractivity contribution in [3.63, 3.8) is 0 Å². The summed E-state index contributed by atoms with van der Waals surface area (Å²) in [7, 11) is 0. The Hall–Kier alpha value is -1.82. The maximum absolute atomic E-state index is 13.0. The first kappa shape index (κ1) is 17.0. The maximum Gasteiger partial charge on any atom is 0.315 e. The summed E-state index contributed by atoms with van der Waals surface area (Å²) < 4.78 is 13.0. The number of nitrogens with zero attached hydrogens (tertiary/aromatic N) is 1. The molecule has 0 bridgehead atoms. The van der Waals surface area contributed by atoms with Gasteiger partial charge in [0, 0.05) is 25.3 Å². The topological polar surface area (TPSA) is 64.6 Å². The first-order valence-corrected chi connectivity index (χ1v) is 8.85. The van der Waals surface area contributed by atoms with Gasteiger partial charge in [0.1, 0.15) is 5.82 Å². The molecule has 3 rings (SSSR count). The van der Waals surface area contributed by atoms with E-state index < -0.39 is 6.10 Å².